The predicted octanol–water partition coefficient (Wildman–Crippen LogP) is 3.06. The molecule has 0 saturated carbocycles. The van der Waals surface area contributed by atoms with E-state index >= 15 is 0 Å². The van der Waals surface area contributed by atoms with Gasteiger partial charge in [0.1, 0.15) is 0 Å². The molecule has 1 saturated heterocycles. The second-order valence-electron chi connectivity index (χ2n) is 4.95. The van der Waals surface area contributed by atoms with Crippen molar-refractivity contribution in [2.24, 2.45) is 0 Å². The molecule has 18 heavy (non-hydrogen) atoms. The highest BCUT2D eigenvalue weighted by Gasteiger charge is 2.32. The van der Waals surface area contributed by atoms with Crippen LogP contribution in [0.15, 0.2) is 24.3 Å². The summed E-state index contributed by atoms with van der Waals surface area (Å²) in [7, 11) is 0. The smallest absolute Gasteiger partial charge is 0.322 e. The van der Waals surface area contributed by atoms with Crippen LogP contribution in [0.25, 0.3) is 0 Å². The summed E-state index contributed by atoms with van der Waals surface area (Å²) < 4.78 is 0. The Morgan fingerprint density at radius 1 is 1.50 bits per heavy atom. The fraction of sp³-hybridized carbons (Fsp3) is 0.500. The van der Waals surface area contributed by atoms with Gasteiger partial charge in [0.2, 0.25) is 0 Å². The Balaban J connectivity index is 2.07. The van der Waals surface area contributed by atoms with Gasteiger partial charge < -0.3 is 16.0 Å². The lowest BCUT2D eigenvalue weighted by atomic mass is 10.2. The standard InChI is InChI=1S/C14H21N3O/c1-3-13-8-7-10(2)17(13)14(18)16-12-6-4-5-11(15)9-12/h4-6,9-10,13H,3,7-8,15H2,1-2H3,(H,16,18). The molecule has 4 heteroatoms. The molecule has 2 atom stereocenters. The molecule has 1 aromatic rings. The van der Waals surface area contributed by atoms with Crippen LogP contribution in [0.5, 0.6) is 0 Å². The number of rotatable bonds is 2. The first-order valence-electron chi connectivity index (χ1n) is 6.56. The Morgan fingerprint density at radius 2 is 2.28 bits per heavy atom. The number of nitrogens with two attached hydrogens (primary N) is 1. The normalized spacial score (nSPS) is 23.1. The molecule has 1 aromatic carbocycles. The van der Waals surface area contributed by atoms with Crippen LogP contribution >= 0.6 is 0 Å². The average molecular weight is 247 g/mol. The van der Waals surface area contributed by atoms with E-state index in [-0.39, 0.29) is 6.03 Å². The van der Waals surface area contributed by atoms with Gasteiger partial charge in [-0.2, -0.15) is 0 Å². The number of anilines is 2. The Morgan fingerprint density at radius 3 is 2.94 bits per heavy atom. The van der Waals surface area contributed by atoms with Gasteiger partial charge >= 0.3 is 6.03 Å². The van der Waals surface area contributed by atoms with Gasteiger partial charge in [0.15, 0.2) is 0 Å². The van der Waals surface area contributed by atoms with Crippen LogP contribution in [-0.4, -0.2) is 23.0 Å². The minimum Gasteiger partial charge on any atom is -0.399 e. The Labute approximate surface area is 108 Å². The monoisotopic (exact) mass is 247 g/mol. The van der Waals surface area contributed by atoms with Crippen LogP contribution < -0.4 is 11.1 Å². The van der Waals surface area contributed by atoms with E-state index in [0.717, 1.165) is 24.9 Å². The van der Waals surface area contributed by atoms with Crippen molar-refractivity contribution in [3.63, 3.8) is 0 Å². The number of nitrogen functional groups attached to an aromatic ring is 1. The van der Waals surface area contributed by atoms with E-state index in [1.54, 1.807) is 6.07 Å². The van der Waals surface area contributed by atoms with E-state index in [1.807, 2.05) is 23.1 Å². The topological polar surface area (TPSA) is 58.4 Å². The second kappa shape index (κ2) is 5.29. The average Bonchev–Trinajstić information content (AvgIpc) is 2.70. The number of nitrogens with zero attached hydrogens (tertiary/aromatic N) is 1. The highest BCUT2D eigenvalue weighted by Crippen LogP contribution is 2.26. The number of nitrogens with one attached hydrogen (secondary N) is 1. The Hall–Kier alpha value is -1.71. The van der Waals surface area contributed by atoms with E-state index in [4.69, 9.17) is 5.73 Å². The molecule has 1 aliphatic rings. The molecule has 0 aromatic heterocycles. The maximum Gasteiger partial charge on any atom is 0.322 e. The quantitative estimate of drug-likeness (QED) is 0.789. The first kappa shape index (κ1) is 12.7. The van der Waals surface area contributed by atoms with Gasteiger partial charge in [0, 0.05) is 23.5 Å². The van der Waals surface area contributed by atoms with Crippen LogP contribution in [0.1, 0.15) is 33.1 Å². The van der Waals surface area contributed by atoms with E-state index < -0.39 is 0 Å². The molecule has 4 nitrogen and oxygen atoms in total. The molecule has 2 amide bonds. The molecule has 0 aliphatic carbocycles. The van der Waals surface area contributed by atoms with E-state index in [2.05, 4.69) is 19.2 Å². The molecule has 1 fully saturated rings. The van der Waals surface area contributed by atoms with Gasteiger partial charge in [-0.15, -0.1) is 0 Å². The van der Waals surface area contributed by atoms with Crippen molar-refractivity contribution in [3.8, 4) is 0 Å². The second-order valence-corrected chi connectivity index (χ2v) is 4.95. The molecule has 2 rings (SSSR count). The third-order valence-corrected chi connectivity index (χ3v) is 3.63. The van der Waals surface area contributed by atoms with Crippen LogP contribution in [-0.2, 0) is 0 Å². The van der Waals surface area contributed by atoms with Crippen molar-refractivity contribution in [3.05, 3.63) is 24.3 Å². The van der Waals surface area contributed by atoms with Crippen LogP contribution in [0.2, 0.25) is 0 Å². The fourth-order valence-corrected chi connectivity index (χ4v) is 2.64. The minimum atomic E-state index is -0.0162. The molecule has 98 valence electrons. The van der Waals surface area contributed by atoms with E-state index in [9.17, 15) is 4.79 Å². The van der Waals surface area contributed by atoms with Gasteiger partial charge in [-0.3, -0.25) is 0 Å². The molecule has 0 bridgehead atoms. The molecular formula is C14H21N3O. The summed E-state index contributed by atoms with van der Waals surface area (Å²) in [5, 5.41) is 2.93. The first-order valence-corrected chi connectivity index (χ1v) is 6.56. The zero-order valence-corrected chi connectivity index (χ0v) is 11.0. The zero-order chi connectivity index (χ0) is 13.1. The largest absolute Gasteiger partial charge is 0.399 e. The number of urea groups is 1. The third kappa shape index (κ3) is 2.58. The summed E-state index contributed by atoms with van der Waals surface area (Å²) >= 11 is 0. The minimum absolute atomic E-state index is 0.0162. The van der Waals surface area contributed by atoms with Crippen LogP contribution in [0, 0.1) is 0 Å². The predicted molar refractivity (Wildman–Crippen MR) is 74.5 cm³/mol. The molecule has 1 heterocycles. The van der Waals surface area contributed by atoms with Gasteiger partial charge in [0.05, 0.1) is 0 Å². The van der Waals surface area contributed by atoms with E-state index in [1.165, 1.54) is 0 Å². The number of benzene rings is 1. The van der Waals surface area contributed by atoms with Gasteiger partial charge in [0.25, 0.3) is 0 Å². The molecule has 3 N–H and O–H groups in total. The molecule has 2 unspecified atom stereocenters. The number of carbonyl (C=O) groups is 1. The van der Waals surface area contributed by atoms with Crippen molar-refractivity contribution >= 4 is 17.4 Å². The number of amides is 2. The highest BCUT2D eigenvalue weighted by atomic mass is 16.2. The Kier molecular flexibility index (Phi) is 3.75. The number of carbonyl (C=O) groups excluding carboxylic acids is 1. The molecular weight excluding hydrogens is 226 g/mol. The van der Waals surface area contributed by atoms with Crippen molar-refractivity contribution in [1.82, 2.24) is 4.90 Å². The number of hydrogen-bond acceptors (Lipinski definition) is 2. The maximum absolute atomic E-state index is 12.3. The first-order chi connectivity index (χ1) is 8.61. The van der Waals surface area contributed by atoms with Crippen molar-refractivity contribution < 1.29 is 4.79 Å². The summed E-state index contributed by atoms with van der Waals surface area (Å²) in [5.74, 6) is 0. The lowest BCUT2D eigenvalue weighted by Gasteiger charge is -2.28. The maximum atomic E-state index is 12.3. The number of likely N-dealkylation sites (tertiary alicyclic amines) is 1. The van der Waals surface area contributed by atoms with Crippen molar-refractivity contribution in [2.45, 2.75) is 45.2 Å². The SMILES string of the molecule is CCC1CCC(C)N1C(=O)Nc1cccc(N)c1. The highest BCUT2D eigenvalue weighted by molar-refractivity contribution is 5.90. The van der Waals surface area contributed by atoms with Gasteiger partial charge in [-0.25, -0.2) is 4.79 Å². The molecule has 0 radical (unpaired) electrons. The molecule has 0 spiro atoms. The van der Waals surface area contributed by atoms with Crippen molar-refractivity contribution in [2.75, 3.05) is 11.1 Å². The van der Waals surface area contributed by atoms with Gasteiger partial charge in [-0.05, 0) is 44.4 Å². The van der Waals surface area contributed by atoms with Gasteiger partial charge in [-0.1, -0.05) is 13.0 Å². The lowest BCUT2D eigenvalue weighted by Crippen LogP contribution is -2.42. The van der Waals surface area contributed by atoms with Crippen molar-refractivity contribution in [1.29, 1.82) is 0 Å². The summed E-state index contributed by atoms with van der Waals surface area (Å²) in [4.78, 5) is 14.2. The zero-order valence-electron chi connectivity index (χ0n) is 11.0. The summed E-state index contributed by atoms with van der Waals surface area (Å²) in [6.07, 6.45) is 3.19. The van der Waals surface area contributed by atoms with Crippen LogP contribution in [0.4, 0.5) is 16.2 Å². The van der Waals surface area contributed by atoms with Crippen LogP contribution in [0.3, 0.4) is 0 Å². The van der Waals surface area contributed by atoms with E-state index in [0.29, 0.717) is 17.8 Å². The third-order valence-electron chi connectivity index (χ3n) is 3.63. The Bertz CT molecular complexity index is 433. The lowest BCUT2D eigenvalue weighted by molar-refractivity contribution is 0.188. The molecule has 1 aliphatic heterocycles. The summed E-state index contributed by atoms with van der Waals surface area (Å²) in [5.41, 5.74) is 7.12. The summed E-state index contributed by atoms with van der Waals surface area (Å²) in [6, 6.07) is 7.95. The fourth-order valence-electron chi connectivity index (χ4n) is 2.64. The summed E-state index contributed by atoms with van der Waals surface area (Å²) in [6.45, 7) is 4.23. The number of hydrogen-bond donors (Lipinski definition) is 2.